The molecule has 31 heavy (non-hydrogen) atoms. The van der Waals surface area contributed by atoms with Crippen LogP contribution in [0.15, 0.2) is 30.3 Å². The number of carbonyl (C=O) groups is 3. The highest BCUT2D eigenvalue weighted by Gasteiger charge is 2.32. The van der Waals surface area contributed by atoms with Crippen molar-refractivity contribution in [2.24, 2.45) is 5.92 Å². The van der Waals surface area contributed by atoms with Crippen LogP contribution >= 0.6 is 0 Å². The second-order valence-corrected chi connectivity index (χ2v) is 8.34. The zero-order valence-electron chi connectivity index (χ0n) is 18.9. The first kappa shape index (κ1) is 22.8. The second-order valence-electron chi connectivity index (χ2n) is 8.34. The molecule has 3 rings (SSSR count). The molecule has 6 nitrogen and oxygen atoms in total. The van der Waals surface area contributed by atoms with Gasteiger partial charge in [0.15, 0.2) is 5.78 Å². The number of ketones is 1. The van der Waals surface area contributed by atoms with Crippen LogP contribution in [0.3, 0.4) is 0 Å². The molecule has 1 fully saturated rings. The number of ether oxygens (including phenoxy) is 1. The lowest BCUT2D eigenvalue weighted by Gasteiger charge is -2.36. The number of hydrogen-bond donors (Lipinski definition) is 1. The summed E-state index contributed by atoms with van der Waals surface area (Å²) in [6.07, 6.45) is 2.00. The fourth-order valence-electron chi connectivity index (χ4n) is 4.81. The van der Waals surface area contributed by atoms with Gasteiger partial charge in [-0.05, 0) is 63.5 Å². The average Bonchev–Trinajstić information content (AvgIpc) is 3.06. The lowest BCUT2D eigenvalue weighted by Crippen LogP contribution is -2.40. The maximum atomic E-state index is 13.1. The first-order valence-electron chi connectivity index (χ1n) is 11.0. The Bertz CT molecular complexity index is 940. The van der Waals surface area contributed by atoms with Gasteiger partial charge in [0, 0.05) is 24.3 Å². The summed E-state index contributed by atoms with van der Waals surface area (Å²) < 4.78 is 5.21. The Labute approximate surface area is 184 Å². The van der Waals surface area contributed by atoms with E-state index in [0.29, 0.717) is 43.3 Å². The number of benzene rings is 1. The molecule has 1 aromatic heterocycles. The van der Waals surface area contributed by atoms with E-state index in [4.69, 9.17) is 4.74 Å². The fourth-order valence-corrected chi connectivity index (χ4v) is 4.81. The Morgan fingerprint density at radius 3 is 2.32 bits per heavy atom. The van der Waals surface area contributed by atoms with Gasteiger partial charge in [0.25, 0.3) is 5.91 Å². The van der Waals surface area contributed by atoms with Gasteiger partial charge in [-0.15, -0.1) is 0 Å². The molecule has 1 aliphatic rings. The largest absolute Gasteiger partial charge is 0.466 e. The third-order valence-electron chi connectivity index (χ3n) is 6.32. The minimum absolute atomic E-state index is 0.0336. The summed E-state index contributed by atoms with van der Waals surface area (Å²) in [6.45, 7) is 8.63. The van der Waals surface area contributed by atoms with Crippen molar-refractivity contribution in [2.75, 3.05) is 19.7 Å². The molecule has 1 N–H and O–H groups in total. The van der Waals surface area contributed by atoms with Crippen molar-refractivity contribution in [1.82, 2.24) is 9.88 Å². The van der Waals surface area contributed by atoms with Crippen LogP contribution in [-0.4, -0.2) is 47.2 Å². The van der Waals surface area contributed by atoms with E-state index in [9.17, 15) is 14.4 Å². The van der Waals surface area contributed by atoms with Crippen LogP contribution in [0.5, 0.6) is 0 Å². The van der Waals surface area contributed by atoms with E-state index in [2.05, 4.69) is 17.1 Å². The van der Waals surface area contributed by atoms with Gasteiger partial charge in [-0.25, -0.2) is 0 Å². The molecule has 1 aromatic carbocycles. The highest BCUT2D eigenvalue weighted by Crippen LogP contribution is 2.36. The molecule has 0 spiro atoms. The van der Waals surface area contributed by atoms with Crippen LogP contribution < -0.4 is 0 Å². The highest BCUT2D eigenvalue weighted by molar-refractivity contribution is 6.02. The minimum Gasteiger partial charge on any atom is -0.466 e. The Hall–Kier alpha value is -2.89. The number of esters is 1. The van der Waals surface area contributed by atoms with E-state index < -0.39 is 0 Å². The molecule has 0 bridgehead atoms. The molecule has 1 saturated heterocycles. The van der Waals surface area contributed by atoms with Crippen molar-refractivity contribution in [2.45, 2.75) is 52.9 Å². The van der Waals surface area contributed by atoms with Gasteiger partial charge in [-0.3, -0.25) is 14.4 Å². The topological polar surface area (TPSA) is 79.5 Å². The van der Waals surface area contributed by atoms with Crippen LogP contribution in [0.1, 0.15) is 76.7 Å². The number of piperidine rings is 1. The number of aromatic amines is 1. The number of aromatic nitrogens is 1. The number of rotatable bonds is 7. The van der Waals surface area contributed by atoms with Crippen molar-refractivity contribution < 1.29 is 19.1 Å². The Kier molecular flexibility index (Phi) is 7.31. The fraction of sp³-hybridized carbons (Fsp3) is 0.480. The quantitative estimate of drug-likeness (QED) is 0.527. The van der Waals surface area contributed by atoms with Gasteiger partial charge in [0.05, 0.1) is 13.0 Å². The SMILES string of the molecule is CCOC(=O)C[C@H](c1ccccc1)C1CCN(C(=O)c2[nH]c(C)c(C(C)=O)c2C)CC1. The first-order chi connectivity index (χ1) is 14.8. The monoisotopic (exact) mass is 424 g/mol. The van der Waals surface area contributed by atoms with Gasteiger partial charge >= 0.3 is 5.97 Å². The van der Waals surface area contributed by atoms with Crippen LogP contribution in [0, 0.1) is 19.8 Å². The summed E-state index contributed by atoms with van der Waals surface area (Å²) in [7, 11) is 0. The standard InChI is InChI=1S/C25H32N2O4/c1-5-31-22(29)15-21(19-9-7-6-8-10-19)20-11-13-27(14-12-20)25(30)24-16(2)23(18(4)28)17(3)26-24/h6-10,20-21,26H,5,11-15H2,1-4H3/t21-/m1/s1. The zero-order chi connectivity index (χ0) is 22.5. The Morgan fingerprint density at radius 1 is 1.13 bits per heavy atom. The van der Waals surface area contributed by atoms with Crippen molar-refractivity contribution in [3.8, 4) is 0 Å². The van der Waals surface area contributed by atoms with E-state index in [-0.39, 0.29) is 23.6 Å². The summed E-state index contributed by atoms with van der Waals surface area (Å²) >= 11 is 0. The highest BCUT2D eigenvalue weighted by atomic mass is 16.5. The second kappa shape index (κ2) is 9.94. The molecule has 0 unspecified atom stereocenters. The summed E-state index contributed by atoms with van der Waals surface area (Å²) in [5.41, 5.74) is 3.72. The van der Waals surface area contributed by atoms with Gasteiger partial charge in [0.2, 0.25) is 0 Å². The molecular formula is C25H32N2O4. The number of hydrogen-bond acceptors (Lipinski definition) is 4. The van der Waals surface area contributed by atoms with Gasteiger partial charge in [-0.2, -0.15) is 0 Å². The van der Waals surface area contributed by atoms with Gasteiger partial charge < -0.3 is 14.6 Å². The van der Waals surface area contributed by atoms with Crippen molar-refractivity contribution in [3.05, 3.63) is 58.4 Å². The number of nitrogens with zero attached hydrogens (tertiary/aromatic N) is 1. The van der Waals surface area contributed by atoms with Crippen LogP contribution in [-0.2, 0) is 9.53 Å². The lowest BCUT2D eigenvalue weighted by molar-refractivity contribution is -0.144. The van der Waals surface area contributed by atoms with Crippen LogP contribution in [0.2, 0.25) is 0 Å². The van der Waals surface area contributed by atoms with E-state index in [0.717, 1.165) is 29.7 Å². The van der Waals surface area contributed by atoms with Crippen LogP contribution in [0.25, 0.3) is 0 Å². The number of nitrogens with one attached hydrogen (secondary N) is 1. The average molecular weight is 425 g/mol. The number of carbonyl (C=O) groups excluding carboxylic acids is 3. The Morgan fingerprint density at radius 2 is 1.77 bits per heavy atom. The van der Waals surface area contributed by atoms with E-state index in [1.807, 2.05) is 43.9 Å². The number of Topliss-reactive ketones (excluding diaryl/α,β-unsaturated/α-hetero) is 1. The van der Waals surface area contributed by atoms with E-state index in [1.54, 1.807) is 0 Å². The molecule has 1 amide bonds. The minimum atomic E-state index is -0.177. The number of amides is 1. The van der Waals surface area contributed by atoms with Crippen molar-refractivity contribution >= 4 is 17.7 Å². The summed E-state index contributed by atoms with van der Waals surface area (Å²) in [5.74, 6) is 0.109. The predicted octanol–water partition coefficient (Wildman–Crippen LogP) is 4.42. The summed E-state index contributed by atoms with van der Waals surface area (Å²) in [5, 5.41) is 0. The molecule has 6 heteroatoms. The predicted molar refractivity (Wildman–Crippen MR) is 119 cm³/mol. The van der Waals surface area contributed by atoms with Crippen LogP contribution in [0.4, 0.5) is 0 Å². The first-order valence-corrected chi connectivity index (χ1v) is 11.0. The smallest absolute Gasteiger partial charge is 0.306 e. The molecule has 0 radical (unpaired) electrons. The maximum Gasteiger partial charge on any atom is 0.306 e. The van der Waals surface area contributed by atoms with E-state index in [1.165, 1.54) is 6.92 Å². The molecule has 1 aliphatic heterocycles. The van der Waals surface area contributed by atoms with Gasteiger partial charge in [-0.1, -0.05) is 30.3 Å². The molecule has 166 valence electrons. The normalized spacial score (nSPS) is 15.5. The van der Waals surface area contributed by atoms with Gasteiger partial charge in [0.1, 0.15) is 5.69 Å². The number of aryl methyl sites for hydroxylation is 1. The molecule has 1 atom stereocenters. The molecule has 2 heterocycles. The molecule has 0 aliphatic carbocycles. The lowest BCUT2D eigenvalue weighted by atomic mass is 9.78. The number of H-pyrrole nitrogens is 1. The molecule has 2 aromatic rings. The third-order valence-corrected chi connectivity index (χ3v) is 6.32. The van der Waals surface area contributed by atoms with E-state index >= 15 is 0 Å². The summed E-state index contributed by atoms with van der Waals surface area (Å²) in [6, 6.07) is 10.1. The van der Waals surface area contributed by atoms with Crippen molar-refractivity contribution in [1.29, 1.82) is 0 Å². The Balaban J connectivity index is 1.72. The molecule has 0 saturated carbocycles. The maximum absolute atomic E-state index is 13.1. The summed E-state index contributed by atoms with van der Waals surface area (Å²) in [4.78, 5) is 42.2. The third kappa shape index (κ3) is 5.06. The molecular weight excluding hydrogens is 392 g/mol. The van der Waals surface area contributed by atoms with Crippen molar-refractivity contribution in [3.63, 3.8) is 0 Å². The zero-order valence-corrected chi connectivity index (χ0v) is 18.9. The number of likely N-dealkylation sites (tertiary alicyclic amines) is 1.